The average Bonchev–Trinajstić information content (AvgIpc) is 0.780. The van der Waals surface area contributed by atoms with Crippen molar-refractivity contribution in [2.75, 3.05) is 0 Å². The van der Waals surface area contributed by atoms with Gasteiger partial charge in [-0.3, -0.25) is 0 Å². The SMILES string of the molecule is c1ccc(-c2cc(-c3ccccc3-c3cccc(-c4cnc(-c5ccccc5)nc4)c3)cc(-c3cc(-c4ccc(-c5nc(-c6nc(-c7ccccc7)nc(-c7ccccc7)n6)cc(-c6nc(-c7ccccc7)nc(-c7ccccc7)n6)n5)cc4)ccc3-c3cccc(-c4cnc(-c5ccccc5)nc4)c3)n2)cc1. The molecule has 18 rings (SSSR count). The van der Waals surface area contributed by atoms with Crippen LogP contribution >= 0.6 is 0 Å². The summed E-state index contributed by atoms with van der Waals surface area (Å²) in [7, 11) is 0. The third-order valence-corrected chi connectivity index (χ3v) is 18.9. The predicted octanol–water partition coefficient (Wildman–Crippen LogP) is 22.2. The fourth-order valence-corrected chi connectivity index (χ4v) is 13.4. The topological polar surface area (TPSA) is 168 Å². The minimum atomic E-state index is 0.347. The second-order valence-electron chi connectivity index (χ2n) is 25.9. The van der Waals surface area contributed by atoms with E-state index in [1.807, 2.05) is 219 Å². The van der Waals surface area contributed by atoms with E-state index in [0.29, 0.717) is 63.8 Å². The van der Waals surface area contributed by atoms with Crippen molar-refractivity contribution in [3.8, 4) is 192 Å². The van der Waals surface area contributed by atoms with Crippen molar-refractivity contribution in [2.24, 2.45) is 0 Å². The molecule has 18 aromatic rings. The molecule has 0 aliphatic carbocycles. The molecule has 0 fully saturated rings. The lowest BCUT2D eigenvalue weighted by Crippen LogP contribution is -2.05. The van der Waals surface area contributed by atoms with Crippen molar-refractivity contribution in [3.63, 3.8) is 0 Å². The summed E-state index contributed by atoms with van der Waals surface area (Å²) in [6, 6.07) is 117. The minimum Gasteiger partial charge on any atom is -0.248 e. The maximum Gasteiger partial charge on any atom is 0.182 e. The third kappa shape index (κ3) is 13.8. The predicted molar refractivity (Wildman–Crippen MR) is 430 cm³/mol. The van der Waals surface area contributed by atoms with E-state index in [2.05, 4.69) is 152 Å². The van der Waals surface area contributed by atoms with Crippen LogP contribution in [0.4, 0.5) is 0 Å². The van der Waals surface area contributed by atoms with E-state index >= 15 is 0 Å². The summed E-state index contributed by atoms with van der Waals surface area (Å²) in [6.07, 6.45) is 7.61. The number of rotatable bonds is 17. The van der Waals surface area contributed by atoms with Gasteiger partial charge in [-0.1, -0.05) is 309 Å². The van der Waals surface area contributed by atoms with Crippen LogP contribution in [0.2, 0.25) is 0 Å². The summed E-state index contributed by atoms with van der Waals surface area (Å²) in [5.74, 6) is 4.41. The molecule has 0 bridgehead atoms. The number of hydrogen-bond donors (Lipinski definition) is 0. The lowest BCUT2D eigenvalue weighted by molar-refractivity contribution is 1.03. The highest BCUT2D eigenvalue weighted by Crippen LogP contribution is 2.43. The van der Waals surface area contributed by atoms with Crippen LogP contribution in [0.15, 0.2) is 371 Å². The molecule has 0 saturated heterocycles. The molecule has 0 N–H and O–H groups in total. The molecule has 0 atom stereocenters. The first kappa shape index (κ1) is 65.1. The van der Waals surface area contributed by atoms with Crippen LogP contribution in [0.1, 0.15) is 0 Å². The second kappa shape index (κ2) is 29.4. The van der Waals surface area contributed by atoms with Crippen molar-refractivity contribution in [1.82, 2.24) is 64.8 Å². The Morgan fingerprint density at radius 2 is 0.407 bits per heavy atom. The molecule has 6 aromatic heterocycles. The van der Waals surface area contributed by atoms with Gasteiger partial charge in [0.05, 0.1) is 11.4 Å². The smallest absolute Gasteiger partial charge is 0.182 e. The van der Waals surface area contributed by atoms with Gasteiger partial charge in [0.25, 0.3) is 0 Å². The molecular formula is C95H61N13. The Morgan fingerprint density at radius 3 is 0.824 bits per heavy atom. The van der Waals surface area contributed by atoms with Gasteiger partial charge < -0.3 is 0 Å². The van der Waals surface area contributed by atoms with E-state index in [1.165, 1.54) is 0 Å². The van der Waals surface area contributed by atoms with Gasteiger partial charge in [-0.05, 0) is 92.0 Å². The molecular weight excluding hydrogens is 1320 g/mol. The quantitative estimate of drug-likeness (QED) is 0.0845. The van der Waals surface area contributed by atoms with E-state index in [4.69, 9.17) is 64.8 Å². The molecule has 0 unspecified atom stereocenters. The highest BCUT2D eigenvalue weighted by Gasteiger charge is 2.23. The summed E-state index contributed by atoms with van der Waals surface area (Å²) < 4.78 is 0. The fourth-order valence-electron chi connectivity index (χ4n) is 13.4. The number of hydrogen-bond acceptors (Lipinski definition) is 13. The summed E-state index contributed by atoms with van der Waals surface area (Å²) in [5.41, 5.74) is 22.2. The zero-order chi connectivity index (χ0) is 72.0. The lowest BCUT2D eigenvalue weighted by atomic mass is 9.89. The molecule has 0 aliphatic rings. The number of benzene rings is 12. The molecule has 0 amide bonds. The summed E-state index contributed by atoms with van der Waals surface area (Å²) in [6.45, 7) is 0. The molecule has 0 saturated carbocycles. The van der Waals surface area contributed by atoms with E-state index in [0.717, 1.165) is 128 Å². The maximum atomic E-state index is 5.66. The van der Waals surface area contributed by atoms with Crippen molar-refractivity contribution >= 4 is 0 Å². The average molecular weight is 1380 g/mol. The van der Waals surface area contributed by atoms with Gasteiger partial charge in [0.1, 0.15) is 11.4 Å². The van der Waals surface area contributed by atoms with Gasteiger partial charge in [0, 0.05) is 86.0 Å². The van der Waals surface area contributed by atoms with Gasteiger partial charge >= 0.3 is 0 Å². The van der Waals surface area contributed by atoms with Crippen LogP contribution in [0, 0.1) is 0 Å². The van der Waals surface area contributed by atoms with Gasteiger partial charge in [-0.15, -0.1) is 0 Å². The zero-order valence-corrected chi connectivity index (χ0v) is 58.0. The Balaban J connectivity index is 0.781. The first-order valence-corrected chi connectivity index (χ1v) is 35.5. The molecule has 0 radical (unpaired) electrons. The number of nitrogens with zero attached hydrogens (tertiary/aromatic N) is 13. The Kier molecular flexibility index (Phi) is 17.7. The van der Waals surface area contributed by atoms with E-state index < -0.39 is 0 Å². The monoisotopic (exact) mass is 1380 g/mol. The standard InChI is InChI=1S/C95H61N13/c1-8-26-63(27-9-1)83-55-76(80-45-23-22-44-79(80)74-42-24-40-71(52-74)77-58-96-87(97-59-77)64-28-10-2-11-29-64)56-84(100-83)82-54-73(50-51-81(82)75-43-25-41-72(53-75)78-60-98-88(99-61-78)65-30-12-3-13-31-65)62-46-48-70(49-47-62)89-101-85(94-105-90(66-32-14-4-15-33-66)103-91(106-94)67-34-16-5-17-35-67)57-86(102-89)95-107-92(68-36-18-6-19-37-68)104-93(108-95)69-38-20-7-21-39-69/h1-61H. The first-order chi connectivity index (χ1) is 53.5. The molecule has 13 heteroatoms. The van der Waals surface area contributed by atoms with Crippen LogP contribution < -0.4 is 0 Å². The van der Waals surface area contributed by atoms with Crippen LogP contribution in [-0.4, -0.2) is 64.8 Å². The normalized spacial score (nSPS) is 11.1. The summed E-state index contributed by atoms with van der Waals surface area (Å²) in [5, 5.41) is 0. The molecule has 0 spiro atoms. The Hall–Kier alpha value is -15.0. The fraction of sp³-hybridized carbons (Fsp3) is 0. The van der Waals surface area contributed by atoms with Crippen LogP contribution in [0.25, 0.3) is 192 Å². The number of aromatic nitrogens is 13. The maximum absolute atomic E-state index is 5.66. The third-order valence-electron chi connectivity index (χ3n) is 18.9. The van der Waals surface area contributed by atoms with E-state index in [9.17, 15) is 0 Å². The van der Waals surface area contributed by atoms with Crippen molar-refractivity contribution in [2.45, 2.75) is 0 Å². The van der Waals surface area contributed by atoms with Crippen LogP contribution in [0.5, 0.6) is 0 Å². The molecule has 108 heavy (non-hydrogen) atoms. The van der Waals surface area contributed by atoms with E-state index in [-0.39, 0.29) is 0 Å². The summed E-state index contributed by atoms with van der Waals surface area (Å²) >= 11 is 0. The molecule has 6 heterocycles. The Bertz CT molecular complexity index is 5980. The molecule has 13 nitrogen and oxygen atoms in total. The molecule has 12 aromatic carbocycles. The van der Waals surface area contributed by atoms with Crippen LogP contribution in [-0.2, 0) is 0 Å². The van der Waals surface area contributed by atoms with Crippen LogP contribution in [0.3, 0.4) is 0 Å². The van der Waals surface area contributed by atoms with Crippen molar-refractivity contribution in [1.29, 1.82) is 0 Å². The first-order valence-electron chi connectivity index (χ1n) is 35.5. The van der Waals surface area contributed by atoms with Crippen molar-refractivity contribution in [3.05, 3.63) is 371 Å². The minimum absolute atomic E-state index is 0.347. The summed E-state index contributed by atoms with van der Waals surface area (Å²) in [4.78, 5) is 66.3. The number of pyridine rings is 1. The largest absolute Gasteiger partial charge is 0.248 e. The van der Waals surface area contributed by atoms with Gasteiger partial charge in [-0.25, -0.2) is 64.8 Å². The zero-order valence-electron chi connectivity index (χ0n) is 58.0. The Labute approximate surface area is 623 Å². The molecule has 506 valence electrons. The molecule has 0 aliphatic heterocycles. The highest BCUT2D eigenvalue weighted by atomic mass is 15.1. The van der Waals surface area contributed by atoms with Gasteiger partial charge in [-0.2, -0.15) is 0 Å². The van der Waals surface area contributed by atoms with Gasteiger partial charge in [0.2, 0.25) is 0 Å². The van der Waals surface area contributed by atoms with Gasteiger partial charge in [0.15, 0.2) is 52.4 Å². The Morgan fingerprint density at radius 1 is 0.120 bits per heavy atom. The van der Waals surface area contributed by atoms with E-state index in [1.54, 1.807) is 0 Å². The second-order valence-corrected chi connectivity index (χ2v) is 25.9. The lowest BCUT2D eigenvalue weighted by Gasteiger charge is -2.17. The van der Waals surface area contributed by atoms with Crippen molar-refractivity contribution < 1.29 is 0 Å². The highest BCUT2D eigenvalue weighted by molar-refractivity contribution is 5.93.